The van der Waals surface area contributed by atoms with Crippen LogP contribution in [0.2, 0.25) is 0 Å². The number of aliphatic carboxylic acids is 1. The van der Waals surface area contributed by atoms with Gasteiger partial charge >= 0.3 is 5.97 Å². The van der Waals surface area contributed by atoms with Gasteiger partial charge in [0, 0.05) is 13.1 Å². The number of carboxylic acids is 1. The molecule has 20 heavy (non-hydrogen) atoms. The van der Waals surface area contributed by atoms with E-state index in [1.165, 1.54) is 0 Å². The molecule has 0 bridgehead atoms. The van der Waals surface area contributed by atoms with Crippen molar-refractivity contribution in [1.29, 1.82) is 0 Å². The van der Waals surface area contributed by atoms with E-state index in [9.17, 15) is 14.7 Å². The Kier molecular flexibility index (Phi) is 6.46. The molecule has 1 atom stereocenters. The lowest BCUT2D eigenvalue weighted by molar-refractivity contribution is -0.151. The van der Waals surface area contributed by atoms with Gasteiger partial charge in [-0.3, -0.25) is 9.59 Å². The first kappa shape index (κ1) is 17.0. The summed E-state index contributed by atoms with van der Waals surface area (Å²) in [5.41, 5.74) is 4.82. The van der Waals surface area contributed by atoms with E-state index in [0.29, 0.717) is 25.3 Å². The maximum Gasteiger partial charge on any atom is 0.311 e. The molecular weight excluding hydrogens is 256 g/mol. The summed E-state index contributed by atoms with van der Waals surface area (Å²) >= 11 is 0. The van der Waals surface area contributed by atoms with Crippen LogP contribution in [0.15, 0.2) is 0 Å². The third kappa shape index (κ3) is 4.20. The van der Waals surface area contributed by atoms with Crippen molar-refractivity contribution in [2.75, 3.05) is 13.1 Å². The van der Waals surface area contributed by atoms with Gasteiger partial charge in [0.05, 0.1) is 11.3 Å². The van der Waals surface area contributed by atoms with Gasteiger partial charge in [-0.2, -0.15) is 0 Å². The molecule has 0 radical (unpaired) electrons. The molecule has 1 unspecified atom stereocenters. The average Bonchev–Trinajstić information content (AvgIpc) is 2.44. The average molecular weight is 284 g/mol. The first-order valence-electron chi connectivity index (χ1n) is 7.66. The number of carboxylic acid groups (broad SMARTS) is 1. The monoisotopic (exact) mass is 284 g/mol. The topological polar surface area (TPSA) is 92.4 Å². The number of amides is 1. The molecule has 116 valence electrons. The van der Waals surface area contributed by atoms with Crippen molar-refractivity contribution in [2.45, 2.75) is 52.4 Å². The van der Waals surface area contributed by atoms with Crippen LogP contribution in [0.25, 0.3) is 0 Å². The Hall–Kier alpha value is -1.10. The normalized spacial score (nSPS) is 27.9. The fourth-order valence-corrected chi connectivity index (χ4v) is 2.89. The Bertz CT molecular complexity index is 336. The smallest absolute Gasteiger partial charge is 0.311 e. The molecule has 0 saturated heterocycles. The van der Waals surface area contributed by atoms with Crippen molar-refractivity contribution in [3.63, 3.8) is 0 Å². The molecule has 1 aliphatic rings. The van der Waals surface area contributed by atoms with E-state index in [4.69, 9.17) is 5.73 Å². The van der Waals surface area contributed by atoms with Crippen molar-refractivity contribution < 1.29 is 14.7 Å². The second-order valence-electron chi connectivity index (χ2n) is 6.21. The molecule has 0 aromatic heterocycles. The standard InChI is InChI=1S/C15H28N2O3/c1-3-4-12(9-16)13(18)17-10-15(14(19)20)7-5-11(2)6-8-15/h11-12H,3-10,16H2,1-2H3,(H,17,18)(H,19,20). The van der Waals surface area contributed by atoms with Crippen molar-refractivity contribution in [3.8, 4) is 0 Å². The Balaban J connectivity index is 2.59. The molecule has 1 fully saturated rings. The minimum atomic E-state index is -0.788. The Morgan fingerprint density at radius 1 is 1.40 bits per heavy atom. The highest BCUT2D eigenvalue weighted by atomic mass is 16.4. The quantitative estimate of drug-likeness (QED) is 0.664. The van der Waals surface area contributed by atoms with Crippen LogP contribution in [-0.4, -0.2) is 30.1 Å². The van der Waals surface area contributed by atoms with E-state index in [2.05, 4.69) is 12.2 Å². The molecule has 0 spiro atoms. The number of nitrogens with two attached hydrogens (primary N) is 1. The van der Waals surface area contributed by atoms with Crippen LogP contribution in [0.5, 0.6) is 0 Å². The highest BCUT2D eigenvalue weighted by Crippen LogP contribution is 2.38. The second kappa shape index (κ2) is 7.62. The molecule has 4 N–H and O–H groups in total. The summed E-state index contributed by atoms with van der Waals surface area (Å²) in [6.45, 7) is 4.71. The molecule has 1 amide bonds. The summed E-state index contributed by atoms with van der Waals surface area (Å²) in [5.74, 6) is -0.512. The van der Waals surface area contributed by atoms with Crippen molar-refractivity contribution in [2.24, 2.45) is 23.0 Å². The summed E-state index contributed by atoms with van der Waals surface area (Å²) in [4.78, 5) is 23.6. The molecule has 1 rings (SSSR count). The first-order chi connectivity index (χ1) is 9.45. The largest absolute Gasteiger partial charge is 0.481 e. The second-order valence-corrected chi connectivity index (χ2v) is 6.21. The lowest BCUT2D eigenvalue weighted by Crippen LogP contribution is -2.47. The molecule has 0 aromatic rings. The minimum Gasteiger partial charge on any atom is -0.481 e. The molecule has 5 nitrogen and oxygen atoms in total. The molecule has 5 heteroatoms. The lowest BCUT2D eigenvalue weighted by Gasteiger charge is -2.36. The van der Waals surface area contributed by atoms with Crippen molar-refractivity contribution in [3.05, 3.63) is 0 Å². The Morgan fingerprint density at radius 3 is 2.45 bits per heavy atom. The number of hydrogen-bond acceptors (Lipinski definition) is 3. The van der Waals surface area contributed by atoms with Crippen molar-refractivity contribution >= 4 is 11.9 Å². The third-order valence-electron chi connectivity index (χ3n) is 4.58. The zero-order valence-corrected chi connectivity index (χ0v) is 12.7. The maximum atomic E-state index is 12.1. The fourth-order valence-electron chi connectivity index (χ4n) is 2.89. The van der Waals surface area contributed by atoms with Gasteiger partial charge in [0.1, 0.15) is 0 Å². The first-order valence-corrected chi connectivity index (χ1v) is 7.66. The SMILES string of the molecule is CCCC(CN)C(=O)NCC1(C(=O)O)CCC(C)CC1. The van der Waals surface area contributed by atoms with E-state index < -0.39 is 11.4 Å². The molecule has 0 heterocycles. The minimum absolute atomic E-state index is 0.103. The fraction of sp³-hybridized carbons (Fsp3) is 0.867. The van der Waals surface area contributed by atoms with E-state index in [1.54, 1.807) is 0 Å². The summed E-state index contributed by atoms with van der Waals surface area (Å²) < 4.78 is 0. The van der Waals surface area contributed by atoms with Crippen LogP contribution in [-0.2, 0) is 9.59 Å². The molecule has 0 aliphatic heterocycles. The Morgan fingerprint density at radius 2 is 2.00 bits per heavy atom. The number of carbonyl (C=O) groups excluding carboxylic acids is 1. The zero-order chi connectivity index (χ0) is 15.2. The highest BCUT2D eigenvalue weighted by molar-refractivity contribution is 5.81. The summed E-state index contributed by atoms with van der Waals surface area (Å²) in [6, 6.07) is 0. The third-order valence-corrected chi connectivity index (χ3v) is 4.58. The zero-order valence-electron chi connectivity index (χ0n) is 12.7. The molecular formula is C15H28N2O3. The van der Waals surface area contributed by atoms with E-state index in [1.807, 2.05) is 6.92 Å². The lowest BCUT2D eigenvalue weighted by atomic mass is 9.70. The van der Waals surface area contributed by atoms with Gasteiger partial charge in [-0.15, -0.1) is 0 Å². The van der Waals surface area contributed by atoms with E-state index in [-0.39, 0.29) is 18.4 Å². The summed E-state index contributed by atoms with van der Waals surface area (Å²) in [7, 11) is 0. The van der Waals surface area contributed by atoms with Gasteiger partial charge < -0.3 is 16.2 Å². The predicted octanol–water partition coefficient (Wildman–Crippen LogP) is 1.76. The summed E-state index contributed by atoms with van der Waals surface area (Å²) in [5, 5.41) is 12.3. The van der Waals surface area contributed by atoms with Gasteiger partial charge in [-0.05, 0) is 38.0 Å². The van der Waals surface area contributed by atoms with E-state index >= 15 is 0 Å². The number of rotatable bonds is 7. The van der Waals surface area contributed by atoms with Crippen LogP contribution in [0.3, 0.4) is 0 Å². The molecule has 0 aromatic carbocycles. The number of carbonyl (C=O) groups is 2. The van der Waals surface area contributed by atoms with Gasteiger partial charge in [-0.1, -0.05) is 20.3 Å². The van der Waals surface area contributed by atoms with Crippen LogP contribution >= 0.6 is 0 Å². The Labute approximate surface area is 121 Å². The summed E-state index contributed by atoms with van der Waals surface area (Å²) in [6.07, 6.45) is 4.76. The van der Waals surface area contributed by atoms with Crippen molar-refractivity contribution in [1.82, 2.24) is 5.32 Å². The molecule has 1 aliphatic carbocycles. The molecule has 1 saturated carbocycles. The van der Waals surface area contributed by atoms with Gasteiger partial charge in [0.25, 0.3) is 0 Å². The van der Waals surface area contributed by atoms with Crippen LogP contribution in [0.1, 0.15) is 52.4 Å². The number of nitrogens with one attached hydrogen (secondary N) is 1. The van der Waals surface area contributed by atoms with Crippen LogP contribution in [0, 0.1) is 17.3 Å². The van der Waals surface area contributed by atoms with Gasteiger partial charge in [-0.25, -0.2) is 0 Å². The number of hydrogen-bond donors (Lipinski definition) is 3. The van der Waals surface area contributed by atoms with E-state index in [0.717, 1.165) is 25.7 Å². The van der Waals surface area contributed by atoms with Gasteiger partial charge in [0.15, 0.2) is 0 Å². The van der Waals surface area contributed by atoms with Crippen LogP contribution < -0.4 is 11.1 Å². The highest BCUT2D eigenvalue weighted by Gasteiger charge is 2.41. The van der Waals surface area contributed by atoms with Gasteiger partial charge in [0.2, 0.25) is 5.91 Å². The maximum absolute atomic E-state index is 12.1. The predicted molar refractivity (Wildman–Crippen MR) is 78.2 cm³/mol. The van der Waals surface area contributed by atoms with Crippen LogP contribution in [0.4, 0.5) is 0 Å².